The number of carboxylic acids is 1. The van der Waals surface area contributed by atoms with Crippen molar-refractivity contribution < 1.29 is 14.6 Å². The zero-order valence-corrected chi connectivity index (χ0v) is 8.10. The summed E-state index contributed by atoms with van der Waals surface area (Å²) >= 11 is 0. The van der Waals surface area contributed by atoms with E-state index in [2.05, 4.69) is 0 Å². The molecule has 1 N–H and O–H groups in total. The molecule has 1 heterocycles. The molecule has 0 saturated heterocycles. The van der Waals surface area contributed by atoms with Crippen molar-refractivity contribution in [3.8, 4) is 0 Å². The van der Waals surface area contributed by atoms with E-state index >= 15 is 0 Å². The predicted molar refractivity (Wildman–Crippen MR) is 54.6 cm³/mol. The molecule has 0 amide bonds. The van der Waals surface area contributed by atoms with Crippen LogP contribution in [0.2, 0.25) is 0 Å². The zero-order chi connectivity index (χ0) is 11.0. The summed E-state index contributed by atoms with van der Waals surface area (Å²) in [5.41, 5.74) is 0.630. The number of para-hydroxylation sites is 1. The van der Waals surface area contributed by atoms with Gasteiger partial charge < -0.3 is 10.3 Å². The van der Waals surface area contributed by atoms with Crippen molar-refractivity contribution in [3.63, 3.8) is 0 Å². The maximum atomic E-state index is 11.7. The van der Waals surface area contributed by atoms with Gasteiger partial charge in [0.15, 0.2) is 0 Å². The second kappa shape index (κ2) is 3.24. The molecule has 1 aromatic carbocycles. The lowest BCUT2D eigenvalue weighted by atomic mass is 10.1. The molecule has 0 spiro atoms. The van der Waals surface area contributed by atoms with Gasteiger partial charge in [-0.2, -0.15) is 4.73 Å². The highest BCUT2D eigenvalue weighted by molar-refractivity contribution is 5.88. The minimum atomic E-state index is -1.20. The Labute approximate surface area is 86.0 Å². The van der Waals surface area contributed by atoms with E-state index in [0.29, 0.717) is 15.8 Å². The number of nitrogens with zero attached hydrogens (tertiary/aromatic N) is 1. The summed E-state index contributed by atoms with van der Waals surface area (Å²) in [4.78, 5) is 10.9. The van der Waals surface area contributed by atoms with Crippen molar-refractivity contribution in [3.05, 3.63) is 46.8 Å². The van der Waals surface area contributed by atoms with Crippen LogP contribution in [0.15, 0.2) is 30.3 Å². The predicted octanol–water partition coefficient (Wildman–Crippen LogP) is 1.48. The van der Waals surface area contributed by atoms with Gasteiger partial charge in [-0.15, -0.1) is 0 Å². The number of aromatic carboxylic acids is 1. The van der Waals surface area contributed by atoms with Crippen LogP contribution in [-0.4, -0.2) is 11.1 Å². The van der Waals surface area contributed by atoms with E-state index in [4.69, 9.17) is 5.11 Å². The number of hydrogen-bond donors (Lipinski definition) is 1. The van der Waals surface area contributed by atoms with Crippen LogP contribution < -0.4 is 4.73 Å². The van der Waals surface area contributed by atoms with Crippen LogP contribution in [0, 0.1) is 12.1 Å². The van der Waals surface area contributed by atoms with E-state index in [-0.39, 0.29) is 5.69 Å². The van der Waals surface area contributed by atoms with Gasteiger partial charge in [-0.05, 0) is 19.1 Å². The van der Waals surface area contributed by atoms with Gasteiger partial charge in [0.25, 0.3) is 0 Å². The first-order chi connectivity index (χ1) is 7.11. The molecule has 0 unspecified atom stereocenters. The van der Waals surface area contributed by atoms with Crippen LogP contribution in [0.3, 0.4) is 0 Å². The monoisotopic (exact) mass is 203 g/mol. The van der Waals surface area contributed by atoms with Crippen LogP contribution >= 0.6 is 0 Å². The molecule has 76 valence electrons. The molecule has 0 atom stereocenters. The number of carboxylic acid groups (broad SMARTS) is 1. The number of carbonyl (C=O) groups is 1. The fraction of sp³-hybridized carbons (Fsp3) is 0.0909. The summed E-state index contributed by atoms with van der Waals surface area (Å²) in [5, 5.41) is 21.4. The summed E-state index contributed by atoms with van der Waals surface area (Å²) < 4.78 is 0.465. The Kier molecular flexibility index (Phi) is 2.04. The fourth-order valence-corrected chi connectivity index (χ4v) is 1.63. The third-order valence-electron chi connectivity index (χ3n) is 2.31. The summed E-state index contributed by atoms with van der Waals surface area (Å²) in [6.45, 7) is 1.62. The summed E-state index contributed by atoms with van der Waals surface area (Å²) in [7, 11) is 0. The average molecular weight is 203 g/mol. The second-order valence-corrected chi connectivity index (χ2v) is 3.33. The molecule has 4 heteroatoms. The van der Waals surface area contributed by atoms with Crippen LogP contribution in [0.1, 0.15) is 16.1 Å². The van der Waals surface area contributed by atoms with Gasteiger partial charge in [0, 0.05) is 17.0 Å². The zero-order valence-electron chi connectivity index (χ0n) is 8.10. The Hall–Kier alpha value is -2.10. The molecule has 1 aromatic heterocycles. The van der Waals surface area contributed by atoms with Gasteiger partial charge in [0.05, 0.1) is 0 Å². The molecule has 0 aliphatic carbocycles. The van der Waals surface area contributed by atoms with Gasteiger partial charge in [-0.25, -0.2) is 4.79 Å². The molecule has 4 nitrogen and oxygen atoms in total. The summed E-state index contributed by atoms with van der Waals surface area (Å²) in [6, 6.07) is 8.60. The van der Waals surface area contributed by atoms with Gasteiger partial charge >= 0.3 is 11.7 Å². The van der Waals surface area contributed by atoms with Crippen LogP contribution in [0.25, 0.3) is 10.9 Å². The highest BCUT2D eigenvalue weighted by atomic mass is 16.5. The van der Waals surface area contributed by atoms with Crippen LogP contribution in [0.5, 0.6) is 0 Å². The smallest absolute Gasteiger partial charge is 0.402 e. The van der Waals surface area contributed by atoms with Crippen LogP contribution in [-0.2, 0) is 0 Å². The number of hydrogen-bond acceptors (Lipinski definition) is 2. The average Bonchev–Trinajstić information content (AvgIpc) is 2.17. The SMILES string of the molecule is Cc1cc2ccccc2[n+]([O-])c1C(=O)O. The first kappa shape index (κ1) is 9.45. The normalized spacial score (nSPS) is 10.5. The molecule has 15 heavy (non-hydrogen) atoms. The van der Waals surface area contributed by atoms with E-state index in [9.17, 15) is 10.0 Å². The van der Waals surface area contributed by atoms with E-state index in [1.165, 1.54) is 0 Å². The lowest BCUT2D eigenvalue weighted by Crippen LogP contribution is -2.36. The lowest BCUT2D eigenvalue weighted by Gasteiger charge is -2.06. The minimum Gasteiger partial charge on any atom is -0.618 e. The largest absolute Gasteiger partial charge is 0.618 e. The molecule has 0 bridgehead atoms. The standard InChI is InChI=1S/C11H9NO3/c1-7-6-8-4-2-3-5-9(8)12(15)10(7)11(13)14/h2-6H,1H3,(H,13,14). The van der Waals surface area contributed by atoms with Crippen molar-refractivity contribution >= 4 is 16.9 Å². The van der Waals surface area contributed by atoms with E-state index in [0.717, 1.165) is 5.39 Å². The second-order valence-electron chi connectivity index (χ2n) is 3.33. The number of benzene rings is 1. The Bertz CT molecular complexity index is 549. The highest BCUT2D eigenvalue weighted by Crippen LogP contribution is 2.14. The maximum absolute atomic E-state index is 11.7. The Morgan fingerprint density at radius 3 is 2.73 bits per heavy atom. The van der Waals surface area contributed by atoms with Crippen molar-refractivity contribution in [2.75, 3.05) is 0 Å². The van der Waals surface area contributed by atoms with E-state index < -0.39 is 5.97 Å². The minimum absolute atomic E-state index is 0.214. The Balaban J connectivity index is 2.90. The molecule has 2 aromatic rings. The molecular formula is C11H9NO3. The third kappa shape index (κ3) is 1.40. The number of pyridine rings is 1. The highest BCUT2D eigenvalue weighted by Gasteiger charge is 2.20. The fourth-order valence-electron chi connectivity index (χ4n) is 1.63. The quantitative estimate of drug-likeness (QED) is 0.564. The van der Waals surface area contributed by atoms with Crippen molar-refractivity contribution in [2.45, 2.75) is 6.92 Å². The first-order valence-corrected chi connectivity index (χ1v) is 4.46. The molecule has 0 saturated carbocycles. The lowest BCUT2D eigenvalue weighted by molar-refractivity contribution is -0.580. The Morgan fingerprint density at radius 1 is 1.40 bits per heavy atom. The number of aryl methyl sites for hydroxylation is 1. The maximum Gasteiger partial charge on any atom is 0.402 e. The van der Waals surface area contributed by atoms with Crippen molar-refractivity contribution in [2.24, 2.45) is 0 Å². The van der Waals surface area contributed by atoms with Crippen molar-refractivity contribution in [1.82, 2.24) is 0 Å². The summed E-state index contributed by atoms with van der Waals surface area (Å²) in [5.74, 6) is -1.20. The van der Waals surface area contributed by atoms with Gasteiger partial charge in [0.1, 0.15) is 0 Å². The molecule has 0 radical (unpaired) electrons. The third-order valence-corrected chi connectivity index (χ3v) is 2.31. The van der Waals surface area contributed by atoms with Gasteiger partial charge in [-0.1, -0.05) is 12.1 Å². The van der Waals surface area contributed by atoms with Gasteiger partial charge in [0.2, 0.25) is 5.52 Å². The molecule has 2 rings (SSSR count). The van der Waals surface area contributed by atoms with Crippen molar-refractivity contribution in [1.29, 1.82) is 0 Å². The first-order valence-electron chi connectivity index (χ1n) is 4.46. The topological polar surface area (TPSA) is 64.2 Å². The van der Waals surface area contributed by atoms with E-state index in [1.807, 2.05) is 6.07 Å². The van der Waals surface area contributed by atoms with Crippen LogP contribution in [0.4, 0.5) is 0 Å². The molecule has 0 aliphatic heterocycles. The molecule has 0 aliphatic rings. The van der Waals surface area contributed by atoms with Gasteiger partial charge in [-0.3, -0.25) is 0 Å². The molecule has 0 fully saturated rings. The molecular weight excluding hydrogens is 194 g/mol. The Morgan fingerprint density at radius 2 is 2.07 bits per heavy atom. The number of fused-ring (bicyclic) bond motifs is 1. The van der Waals surface area contributed by atoms with E-state index in [1.54, 1.807) is 31.2 Å². The number of rotatable bonds is 1. The number of aromatic nitrogens is 1. The summed E-state index contributed by atoms with van der Waals surface area (Å²) in [6.07, 6.45) is 0.